The highest BCUT2D eigenvalue weighted by Gasteiger charge is 2.19. The Labute approximate surface area is 192 Å². The van der Waals surface area contributed by atoms with Crippen molar-refractivity contribution < 1.29 is 14.5 Å². The Morgan fingerprint density at radius 3 is 2.28 bits per heavy atom. The van der Waals surface area contributed by atoms with E-state index in [-0.39, 0.29) is 27.0 Å². The fourth-order valence-corrected chi connectivity index (χ4v) is 4.25. The lowest BCUT2D eigenvalue weighted by Gasteiger charge is -2.10. The number of hydrogen-bond acceptors (Lipinski definition) is 5. The first-order valence-electron chi connectivity index (χ1n) is 7.86. The van der Waals surface area contributed by atoms with Gasteiger partial charge in [-0.3, -0.25) is 14.9 Å². The maximum Gasteiger partial charge on any atom is 0.272 e. The SMILES string of the molecule is CCOc1c(Br)cc(/C=C(\C#N)C(=O)Nc2c(Cl)cc([N+](=O)[O-])cc2Cl)cc1Br. The number of benzene rings is 2. The minimum atomic E-state index is -0.772. The van der Waals surface area contributed by atoms with Crippen molar-refractivity contribution in [3.05, 3.63) is 64.5 Å². The number of carbonyl (C=O) groups excluding carboxylic acids is 1. The fourth-order valence-electron chi connectivity index (χ4n) is 2.23. The maximum absolute atomic E-state index is 12.5. The van der Waals surface area contributed by atoms with E-state index in [0.717, 1.165) is 12.1 Å². The first kappa shape index (κ1) is 23.2. The summed E-state index contributed by atoms with van der Waals surface area (Å²) in [5.41, 5.74) is -0.0180. The third-order valence-corrected chi connectivity index (χ3v) is 5.24. The molecule has 7 nitrogen and oxygen atoms in total. The molecule has 1 N–H and O–H groups in total. The van der Waals surface area contributed by atoms with E-state index in [1.807, 2.05) is 13.0 Å². The van der Waals surface area contributed by atoms with E-state index in [0.29, 0.717) is 26.9 Å². The van der Waals surface area contributed by atoms with Gasteiger partial charge in [-0.1, -0.05) is 23.2 Å². The van der Waals surface area contributed by atoms with Crippen LogP contribution in [0.4, 0.5) is 11.4 Å². The first-order valence-corrected chi connectivity index (χ1v) is 10.2. The van der Waals surface area contributed by atoms with Crippen molar-refractivity contribution in [1.82, 2.24) is 0 Å². The van der Waals surface area contributed by atoms with Crippen molar-refractivity contribution in [2.75, 3.05) is 11.9 Å². The number of non-ortho nitro benzene ring substituents is 1. The number of ether oxygens (including phenoxy) is 1. The Kier molecular flexibility index (Phi) is 8.05. The topological polar surface area (TPSA) is 105 Å². The Morgan fingerprint density at radius 1 is 1.28 bits per heavy atom. The second-order valence-corrected chi connectivity index (χ2v) is 7.94. The van der Waals surface area contributed by atoms with Gasteiger partial charge in [-0.05, 0) is 62.6 Å². The van der Waals surface area contributed by atoms with Crippen molar-refractivity contribution in [2.24, 2.45) is 0 Å². The van der Waals surface area contributed by atoms with Gasteiger partial charge in [0.1, 0.15) is 17.4 Å². The third kappa shape index (κ3) is 5.70. The average Bonchev–Trinajstić information content (AvgIpc) is 2.65. The third-order valence-electron chi connectivity index (χ3n) is 3.46. The Balaban J connectivity index is 2.35. The monoisotopic (exact) mass is 561 g/mol. The molecule has 0 fully saturated rings. The van der Waals surface area contributed by atoms with Crippen LogP contribution in [0.25, 0.3) is 6.08 Å². The molecule has 0 saturated heterocycles. The van der Waals surface area contributed by atoms with Gasteiger partial charge < -0.3 is 10.1 Å². The molecule has 0 aliphatic heterocycles. The average molecular weight is 564 g/mol. The molecule has 0 aromatic heterocycles. The van der Waals surface area contributed by atoms with E-state index >= 15 is 0 Å². The molecule has 11 heteroatoms. The largest absolute Gasteiger partial charge is 0.492 e. The molecule has 150 valence electrons. The van der Waals surface area contributed by atoms with Crippen LogP contribution in [0.2, 0.25) is 10.0 Å². The molecule has 0 unspecified atom stereocenters. The standard InChI is InChI=1S/C18H11Br2Cl2N3O4/c1-2-29-17-12(19)4-9(5-13(17)20)3-10(8-23)18(26)24-16-14(21)6-11(25(27)28)7-15(16)22/h3-7H,2H2,1H3,(H,24,26)/b10-3+. The van der Waals surface area contributed by atoms with Crippen LogP contribution in [-0.4, -0.2) is 17.4 Å². The van der Waals surface area contributed by atoms with Crippen LogP contribution in [0.15, 0.2) is 38.8 Å². The van der Waals surface area contributed by atoms with E-state index < -0.39 is 10.8 Å². The molecule has 2 rings (SSSR count). The molecule has 0 spiro atoms. The summed E-state index contributed by atoms with van der Waals surface area (Å²) in [6.45, 7) is 2.31. The number of hydrogen-bond donors (Lipinski definition) is 1. The number of anilines is 1. The molecule has 0 radical (unpaired) electrons. The van der Waals surface area contributed by atoms with Gasteiger partial charge in [-0.15, -0.1) is 0 Å². The van der Waals surface area contributed by atoms with Crippen molar-refractivity contribution in [2.45, 2.75) is 6.92 Å². The smallest absolute Gasteiger partial charge is 0.272 e. The predicted octanol–water partition coefficient (Wildman–Crippen LogP) is 6.37. The number of nitrogens with one attached hydrogen (secondary N) is 1. The van der Waals surface area contributed by atoms with E-state index in [2.05, 4.69) is 37.2 Å². The van der Waals surface area contributed by atoms with Crippen LogP contribution < -0.4 is 10.1 Å². The van der Waals surface area contributed by atoms with Gasteiger partial charge in [-0.2, -0.15) is 5.26 Å². The van der Waals surface area contributed by atoms with Gasteiger partial charge >= 0.3 is 0 Å². The van der Waals surface area contributed by atoms with Crippen LogP contribution in [-0.2, 0) is 4.79 Å². The van der Waals surface area contributed by atoms with Gasteiger partial charge in [0.2, 0.25) is 0 Å². The number of carbonyl (C=O) groups is 1. The molecule has 2 aromatic carbocycles. The quantitative estimate of drug-likeness (QED) is 0.190. The lowest BCUT2D eigenvalue weighted by molar-refractivity contribution is -0.384. The molecule has 0 saturated carbocycles. The number of nitriles is 1. The molecule has 0 heterocycles. The number of rotatable bonds is 6. The van der Waals surface area contributed by atoms with E-state index in [9.17, 15) is 20.2 Å². The van der Waals surface area contributed by atoms with Gasteiger partial charge in [0, 0.05) is 12.1 Å². The van der Waals surface area contributed by atoms with Crippen LogP contribution in [0.3, 0.4) is 0 Å². The summed E-state index contributed by atoms with van der Waals surface area (Å²) in [6.07, 6.45) is 1.37. The highest BCUT2D eigenvalue weighted by Crippen LogP contribution is 2.36. The maximum atomic E-state index is 12.5. The van der Waals surface area contributed by atoms with E-state index in [1.165, 1.54) is 6.08 Å². The summed E-state index contributed by atoms with van der Waals surface area (Å²) < 4.78 is 6.77. The predicted molar refractivity (Wildman–Crippen MR) is 118 cm³/mol. The van der Waals surface area contributed by atoms with Crippen molar-refractivity contribution in [1.29, 1.82) is 5.26 Å². The van der Waals surface area contributed by atoms with Crippen LogP contribution in [0.1, 0.15) is 12.5 Å². The fraction of sp³-hybridized carbons (Fsp3) is 0.111. The van der Waals surface area contributed by atoms with Crippen LogP contribution >= 0.6 is 55.1 Å². The van der Waals surface area contributed by atoms with Gasteiger partial charge in [0.15, 0.2) is 0 Å². The number of nitrogens with zero attached hydrogens (tertiary/aromatic N) is 2. The number of nitro groups is 1. The summed E-state index contributed by atoms with van der Waals surface area (Å²) in [7, 11) is 0. The lowest BCUT2D eigenvalue weighted by atomic mass is 10.1. The second-order valence-electron chi connectivity index (χ2n) is 5.41. The van der Waals surface area contributed by atoms with Gasteiger partial charge in [0.25, 0.3) is 11.6 Å². The van der Waals surface area contributed by atoms with Crippen molar-refractivity contribution in [3.63, 3.8) is 0 Å². The molecule has 29 heavy (non-hydrogen) atoms. The summed E-state index contributed by atoms with van der Waals surface area (Å²) in [6, 6.07) is 7.29. The minimum Gasteiger partial charge on any atom is -0.492 e. The van der Waals surface area contributed by atoms with E-state index in [4.69, 9.17) is 27.9 Å². The molecule has 0 aliphatic rings. The second kappa shape index (κ2) is 10.1. The molecule has 0 atom stereocenters. The van der Waals surface area contributed by atoms with Crippen molar-refractivity contribution >= 4 is 78.4 Å². The first-order chi connectivity index (χ1) is 13.7. The molecule has 0 aliphatic carbocycles. The zero-order valence-electron chi connectivity index (χ0n) is 14.6. The molecule has 2 aromatic rings. The zero-order chi connectivity index (χ0) is 21.7. The van der Waals surface area contributed by atoms with Crippen LogP contribution in [0.5, 0.6) is 5.75 Å². The summed E-state index contributed by atoms with van der Waals surface area (Å²) in [5.74, 6) is -0.177. The number of amides is 1. The highest BCUT2D eigenvalue weighted by molar-refractivity contribution is 9.11. The summed E-state index contributed by atoms with van der Waals surface area (Å²) in [5, 5.41) is 22.4. The number of halogens is 4. The van der Waals surface area contributed by atoms with Gasteiger partial charge in [0.05, 0.1) is 36.2 Å². The Bertz CT molecular complexity index is 1020. The lowest BCUT2D eigenvalue weighted by Crippen LogP contribution is -2.14. The molecular weight excluding hydrogens is 553 g/mol. The Hall–Kier alpha value is -2.12. The minimum absolute atomic E-state index is 0.0286. The summed E-state index contributed by atoms with van der Waals surface area (Å²) >= 11 is 18.7. The molecule has 1 amide bonds. The van der Waals surface area contributed by atoms with Crippen molar-refractivity contribution in [3.8, 4) is 11.8 Å². The summed E-state index contributed by atoms with van der Waals surface area (Å²) in [4.78, 5) is 22.7. The van der Waals surface area contributed by atoms with E-state index in [1.54, 1.807) is 12.1 Å². The molecular formula is C18H11Br2Cl2N3O4. The van der Waals surface area contributed by atoms with Crippen LogP contribution in [0, 0.1) is 21.4 Å². The zero-order valence-corrected chi connectivity index (χ0v) is 19.3. The van der Waals surface area contributed by atoms with Gasteiger partial charge in [-0.25, -0.2) is 0 Å². The molecule has 0 bridgehead atoms. The number of nitro benzene ring substituents is 1. The highest BCUT2D eigenvalue weighted by atomic mass is 79.9. The normalized spacial score (nSPS) is 11.0. The Morgan fingerprint density at radius 2 is 1.83 bits per heavy atom.